The third-order valence-corrected chi connectivity index (χ3v) is 3.97. The van der Waals surface area contributed by atoms with Crippen LogP contribution in [0.4, 0.5) is 18.9 Å². The van der Waals surface area contributed by atoms with E-state index in [0.717, 1.165) is 12.1 Å². The fraction of sp³-hybridized carbons (Fsp3) is 0.167. The number of rotatable bonds is 6. The molecule has 0 aliphatic carbocycles. The Balaban J connectivity index is 1.81. The van der Waals surface area contributed by atoms with Gasteiger partial charge in [-0.1, -0.05) is 35.3 Å². The molecule has 5 nitrogen and oxygen atoms in total. The average molecular weight is 432 g/mol. The van der Waals surface area contributed by atoms with Crippen LogP contribution in [0.1, 0.15) is 24.0 Å². The number of hydrazone groups is 1. The molecule has 0 unspecified atom stereocenters. The van der Waals surface area contributed by atoms with Gasteiger partial charge >= 0.3 is 6.18 Å². The summed E-state index contributed by atoms with van der Waals surface area (Å²) in [4.78, 5) is 23.5. The van der Waals surface area contributed by atoms with E-state index < -0.39 is 23.6 Å². The van der Waals surface area contributed by atoms with Crippen molar-refractivity contribution in [1.29, 1.82) is 0 Å². The lowest BCUT2D eigenvalue weighted by atomic mass is 10.2. The van der Waals surface area contributed by atoms with Gasteiger partial charge in [0.1, 0.15) is 0 Å². The number of nitrogens with one attached hydrogen (secondary N) is 2. The highest BCUT2D eigenvalue weighted by Gasteiger charge is 2.30. The monoisotopic (exact) mass is 431 g/mol. The number of hydrogen-bond donors (Lipinski definition) is 2. The molecule has 2 amide bonds. The lowest BCUT2D eigenvalue weighted by Crippen LogP contribution is -2.20. The highest BCUT2D eigenvalue weighted by molar-refractivity contribution is 6.36. The number of hydrogen-bond acceptors (Lipinski definition) is 3. The molecule has 0 heterocycles. The zero-order chi connectivity index (χ0) is 20.7. The number of anilines is 1. The predicted molar refractivity (Wildman–Crippen MR) is 102 cm³/mol. The minimum atomic E-state index is -4.51. The van der Waals surface area contributed by atoms with Crippen LogP contribution >= 0.6 is 23.2 Å². The van der Waals surface area contributed by atoms with E-state index in [9.17, 15) is 22.8 Å². The maximum Gasteiger partial charge on any atom is 0.416 e. The molecule has 148 valence electrons. The van der Waals surface area contributed by atoms with Crippen molar-refractivity contribution in [2.45, 2.75) is 19.0 Å². The van der Waals surface area contributed by atoms with Gasteiger partial charge < -0.3 is 5.32 Å². The predicted octanol–water partition coefficient (Wildman–Crippen LogP) is 4.88. The van der Waals surface area contributed by atoms with E-state index in [-0.39, 0.29) is 18.5 Å². The molecule has 0 spiro atoms. The maximum atomic E-state index is 12.7. The summed E-state index contributed by atoms with van der Waals surface area (Å²) in [5.41, 5.74) is 1.89. The van der Waals surface area contributed by atoms with Crippen LogP contribution in [-0.4, -0.2) is 18.0 Å². The van der Waals surface area contributed by atoms with E-state index in [4.69, 9.17) is 23.2 Å². The first-order valence-electron chi connectivity index (χ1n) is 7.89. The van der Waals surface area contributed by atoms with Gasteiger partial charge in [-0.05, 0) is 30.3 Å². The van der Waals surface area contributed by atoms with Crippen molar-refractivity contribution in [1.82, 2.24) is 5.43 Å². The van der Waals surface area contributed by atoms with E-state index in [1.807, 2.05) is 0 Å². The first-order chi connectivity index (χ1) is 13.1. The first kappa shape index (κ1) is 21.7. The van der Waals surface area contributed by atoms with Crippen LogP contribution in [-0.2, 0) is 15.8 Å². The summed E-state index contributed by atoms with van der Waals surface area (Å²) in [7, 11) is 0. The van der Waals surface area contributed by atoms with Gasteiger partial charge in [-0.25, -0.2) is 5.43 Å². The van der Waals surface area contributed by atoms with Crippen LogP contribution in [0.2, 0.25) is 10.0 Å². The molecule has 2 rings (SSSR count). The number of carbonyl (C=O) groups is 2. The summed E-state index contributed by atoms with van der Waals surface area (Å²) in [5.74, 6) is -1.14. The normalized spacial score (nSPS) is 11.5. The van der Waals surface area contributed by atoms with Gasteiger partial charge in [-0.15, -0.1) is 0 Å². The Morgan fingerprint density at radius 2 is 1.75 bits per heavy atom. The molecule has 0 aliphatic heterocycles. The Hall–Kier alpha value is -2.58. The largest absolute Gasteiger partial charge is 0.416 e. The second-order valence-electron chi connectivity index (χ2n) is 5.59. The molecule has 2 N–H and O–H groups in total. The lowest BCUT2D eigenvalue weighted by Gasteiger charge is -2.09. The molecular formula is C18H14Cl2F3N3O2. The van der Waals surface area contributed by atoms with Gasteiger partial charge in [0, 0.05) is 29.1 Å². The summed E-state index contributed by atoms with van der Waals surface area (Å²) in [6, 6.07) is 8.96. The highest BCUT2D eigenvalue weighted by atomic mass is 35.5. The molecule has 2 aromatic carbocycles. The smallest absolute Gasteiger partial charge is 0.326 e. The number of alkyl halides is 3. The summed E-state index contributed by atoms with van der Waals surface area (Å²) < 4.78 is 38.0. The fourth-order valence-electron chi connectivity index (χ4n) is 2.06. The molecule has 0 aliphatic rings. The molecule has 0 atom stereocenters. The molecule has 0 fully saturated rings. The Bertz CT molecular complexity index is 902. The maximum absolute atomic E-state index is 12.7. The average Bonchev–Trinajstić information content (AvgIpc) is 2.61. The van der Waals surface area contributed by atoms with Crippen LogP contribution in [0.15, 0.2) is 47.6 Å². The lowest BCUT2D eigenvalue weighted by molar-refractivity contribution is -0.137. The van der Waals surface area contributed by atoms with Crippen molar-refractivity contribution in [2.75, 3.05) is 5.32 Å². The molecular weight excluding hydrogens is 418 g/mol. The number of halogens is 5. The van der Waals surface area contributed by atoms with E-state index in [1.54, 1.807) is 12.1 Å². The Morgan fingerprint density at radius 3 is 2.43 bits per heavy atom. The Morgan fingerprint density at radius 1 is 1.04 bits per heavy atom. The van der Waals surface area contributed by atoms with Gasteiger partial charge in [0.2, 0.25) is 11.8 Å². The molecule has 2 aromatic rings. The Labute approximate surface area is 168 Å². The summed E-state index contributed by atoms with van der Waals surface area (Å²) in [5, 5.41) is 6.85. The van der Waals surface area contributed by atoms with Crippen molar-refractivity contribution in [3.05, 3.63) is 63.6 Å². The van der Waals surface area contributed by atoms with E-state index in [0.29, 0.717) is 15.6 Å². The van der Waals surface area contributed by atoms with Crippen molar-refractivity contribution < 1.29 is 22.8 Å². The summed E-state index contributed by atoms with van der Waals surface area (Å²) in [6.07, 6.45) is -3.61. The van der Waals surface area contributed by atoms with E-state index >= 15 is 0 Å². The molecule has 0 saturated heterocycles. The molecule has 0 aromatic heterocycles. The molecule has 0 radical (unpaired) electrons. The van der Waals surface area contributed by atoms with Crippen LogP contribution in [0.3, 0.4) is 0 Å². The van der Waals surface area contributed by atoms with Crippen LogP contribution < -0.4 is 10.7 Å². The van der Waals surface area contributed by atoms with E-state index in [2.05, 4.69) is 15.8 Å². The quantitative estimate of drug-likeness (QED) is 0.505. The standard InChI is InChI=1S/C18H14Cl2F3N3O2/c19-13-5-4-11(15(20)9-13)10-24-26-17(28)7-6-16(27)25-14-3-1-2-12(8-14)18(21,22)23/h1-5,8-10H,6-7H2,(H,25,27)(H,26,28). The number of nitrogens with zero attached hydrogens (tertiary/aromatic N) is 1. The zero-order valence-electron chi connectivity index (χ0n) is 14.2. The third kappa shape index (κ3) is 6.86. The van der Waals surface area contributed by atoms with Crippen LogP contribution in [0.5, 0.6) is 0 Å². The van der Waals surface area contributed by atoms with Crippen LogP contribution in [0, 0.1) is 0 Å². The van der Waals surface area contributed by atoms with Crippen molar-refractivity contribution in [3.8, 4) is 0 Å². The molecule has 10 heteroatoms. The van der Waals surface area contributed by atoms with Gasteiger partial charge in [-0.2, -0.15) is 18.3 Å². The van der Waals surface area contributed by atoms with Gasteiger partial charge in [0.05, 0.1) is 16.8 Å². The summed E-state index contributed by atoms with van der Waals surface area (Å²) >= 11 is 11.7. The fourth-order valence-corrected chi connectivity index (χ4v) is 2.52. The van der Waals surface area contributed by atoms with Gasteiger partial charge in [0.25, 0.3) is 0 Å². The first-order valence-corrected chi connectivity index (χ1v) is 8.65. The number of carbonyl (C=O) groups excluding carboxylic acids is 2. The topological polar surface area (TPSA) is 70.6 Å². The second-order valence-corrected chi connectivity index (χ2v) is 6.43. The van der Waals surface area contributed by atoms with E-state index in [1.165, 1.54) is 24.4 Å². The number of benzene rings is 2. The second kappa shape index (κ2) is 9.57. The Kier molecular flexibility index (Phi) is 7.42. The van der Waals surface area contributed by atoms with Crippen LogP contribution in [0.25, 0.3) is 0 Å². The molecule has 0 bridgehead atoms. The molecule has 28 heavy (non-hydrogen) atoms. The SMILES string of the molecule is O=C(CCC(=O)Nc1cccc(C(F)(F)F)c1)NN=Cc1ccc(Cl)cc1Cl. The minimum absolute atomic E-state index is 0.00404. The van der Waals surface area contributed by atoms with Crippen molar-refractivity contribution >= 4 is 46.9 Å². The van der Waals surface area contributed by atoms with Gasteiger partial charge in [-0.3, -0.25) is 9.59 Å². The zero-order valence-corrected chi connectivity index (χ0v) is 15.7. The van der Waals surface area contributed by atoms with Gasteiger partial charge in [0.15, 0.2) is 0 Å². The van der Waals surface area contributed by atoms with Crippen molar-refractivity contribution in [2.24, 2.45) is 5.10 Å². The molecule has 0 saturated carbocycles. The summed E-state index contributed by atoms with van der Waals surface area (Å²) in [6.45, 7) is 0. The minimum Gasteiger partial charge on any atom is -0.326 e. The third-order valence-electron chi connectivity index (χ3n) is 3.41. The highest BCUT2D eigenvalue weighted by Crippen LogP contribution is 2.30. The van der Waals surface area contributed by atoms with Crippen molar-refractivity contribution in [3.63, 3.8) is 0 Å². The number of amides is 2.